The van der Waals surface area contributed by atoms with E-state index in [9.17, 15) is 0 Å². The highest BCUT2D eigenvalue weighted by Gasteiger charge is 2.14. The van der Waals surface area contributed by atoms with Crippen LogP contribution in [0.5, 0.6) is 0 Å². The lowest BCUT2D eigenvalue weighted by Crippen LogP contribution is -1.99. The largest absolute Gasteiger partial charge is 0.121 e. The normalized spacial score (nSPS) is 15.5. The van der Waals surface area contributed by atoms with Crippen molar-refractivity contribution in [3.8, 4) is 0 Å². The maximum absolute atomic E-state index is 3.88. The van der Waals surface area contributed by atoms with Gasteiger partial charge in [-0.25, -0.2) is 0 Å². The third-order valence-electron chi connectivity index (χ3n) is 2.49. The number of hydrogen-bond acceptors (Lipinski definition) is 1. The van der Waals surface area contributed by atoms with Gasteiger partial charge < -0.3 is 0 Å². The highest BCUT2D eigenvalue weighted by molar-refractivity contribution is 7.99. The van der Waals surface area contributed by atoms with E-state index in [1.807, 2.05) is 17.8 Å². The summed E-state index contributed by atoms with van der Waals surface area (Å²) in [6.45, 7) is 5.94. The molecule has 0 nitrogen and oxygen atoms in total. The molecule has 2 rings (SSSR count). The lowest BCUT2D eigenvalue weighted by Gasteiger charge is -2.19. The first-order valence-electron chi connectivity index (χ1n) is 5.07. The zero-order valence-corrected chi connectivity index (χ0v) is 9.68. The van der Waals surface area contributed by atoms with E-state index < -0.39 is 0 Å². The molecular formula is C14H14S. The molecule has 0 atom stereocenters. The van der Waals surface area contributed by atoms with Gasteiger partial charge in [-0.05, 0) is 29.7 Å². The molecule has 0 spiro atoms. The number of thioether (sulfide) groups is 1. The summed E-state index contributed by atoms with van der Waals surface area (Å²) in [5.41, 5.74) is 3.99. The van der Waals surface area contributed by atoms with Crippen molar-refractivity contribution in [2.45, 2.75) is 11.8 Å². The van der Waals surface area contributed by atoms with Crippen LogP contribution in [-0.2, 0) is 0 Å². The van der Waals surface area contributed by atoms with Gasteiger partial charge in [-0.15, -0.1) is 11.8 Å². The fraction of sp³-hybridized carbons (Fsp3) is 0.143. The lowest BCUT2D eigenvalue weighted by molar-refractivity contribution is 1.35. The van der Waals surface area contributed by atoms with Gasteiger partial charge in [0.1, 0.15) is 0 Å². The molecule has 1 aliphatic heterocycles. The van der Waals surface area contributed by atoms with Gasteiger partial charge in [0, 0.05) is 10.6 Å². The Morgan fingerprint density at radius 2 is 2.13 bits per heavy atom. The predicted octanol–water partition coefficient (Wildman–Crippen LogP) is 4.31. The van der Waals surface area contributed by atoms with Crippen LogP contribution in [0.25, 0.3) is 5.57 Å². The summed E-state index contributed by atoms with van der Waals surface area (Å²) in [6, 6.07) is 8.55. The number of rotatable bonds is 2. The molecule has 1 heteroatoms. The van der Waals surface area contributed by atoms with Crippen LogP contribution in [0.3, 0.4) is 0 Å². The van der Waals surface area contributed by atoms with E-state index in [0.717, 1.165) is 5.75 Å². The molecule has 0 saturated heterocycles. The SMILES string of the molecule is C=CC1=C(/C=C\C)c2ccccc2SC1. The zero-order chi connectivity index (χ0) is 10.7. The molecule has 0 radical (unpaired) electrons. The Hall–Kier alpha value is -1.21. The van der Waals surface area contributed by atoms with Crippen molar-refractivity contribution < 1.29 is 0 Å². The third-order valence-corrected chi connectivity index (χ3v) is 3.61. The highest BCUT2D eigenvalue weighted by Crippen LogP contribution is 2.37. The molecule has 0 fully saturated rings. The van der Waals surface area contributed by atoms with Crippen molar-refractivity contribution in [2.75, 3.05) is 5.75 Å². The van der Waals surface area contributed by atoms with E-state index >= 15 is 0 Å². The molecule has 0 bridgehead atoms. The predicted molar refractivity (Wildman–Crippen MR) is 69.1 cm³/mol. The smallest absolute Gasteiger partial charge is 0.0238 e. The molecule has 1 aromatic carbocycles. The number of allylic oxidation sites excluding steroid dienone is 4. The fourth-order valence-electron chi connectivity index (χ4n) is 1.75. The summed E-state index contributed by atoms with van der Waals surface area (Å²) in [5.74, 6) is 1.03. The molecule has 1 aromatic rings. The van der Waals surface area contributed by atoms with Gasteiger partial charge in [0.2, 0.25) is 0 Å². The molecule has 0 amide bonds. The second-order valence-electron chi connectivity index (χ2n) is 3.43. The molecule has 1 aliphatic rings. The number of hydrogen-bond donors (Lipinski definition) is 0. The Labute approximate surface area is 95.4 Å². The molecule has 0 unspecified atom stereocenters. The summed E-state index contributed by atoms with van der Waals surface area (Å²) in [5, 5.41) is 0. The van der Waals surface area contributed by atoms with Crippen LogP contribution in [0.15, 0.2) is 59.5 Å². The van der Waals surface area contributed by atoms with Crippen molar-refractivity contribution in [3.63, 3.8) is 0 Å². The fourth-order valence-corrected chi connectivity index (χ4v) is 2.85. The zero-order valence-electron chi connectivity index (χ0n) is 8.86. The molecule has 0 aromatic heterocycles. The summed E-state index contributed by atoms with van der Waals surface area (Å²) >= 11 is 1.89. The average molecular weight is 214 g/mol. The minimum atomic E-state index is 1.03. The van der Waals surface area contributed by atoms with Crippen LogP contribution in [-0.4, -0.2) is 5.75 Å². The van der Waals surface area contributed by atoms with Crippen LogP contribution < -0.4 is 0 Å². The van der Waals surface area contributed by atoms with E-state index in [1.165, 1.54) is 21.6 Å². The summed E-state index contributed by atoms with van der Waals surface area (Å²) in [4.78, 5) is 1.37. The van der Waals surface area contributed by atoms with Crippen molar-refractivity contribution in [1.29, 1.82) is 0 Å². The van der Waals surface area contributed by atoms with Crippen LogP contribution >= 0.6 is 11.8 Å². The molecule has 0 saturated carbocycles. The molecule has 15 heavy (non-hydrogen) atoms. The number of benzene rings is 1. The van der Waals surface area contributed by atoms with Gasteiger partial charge in [-0.3, -0.25) is 0 Å². The van der Waals surface area contributed by atoms with Gasteiger partial charge in [0.25, 0.3) is 0 Å². The Kier molecular flexibility index (Phi) is 3.12. The van der Waals surface area contributed by atoms with Crippen molar-refractivity contribution in [1.82, 2.24) is 0 Å². The van der Waals surface area contributed by atoms with Crippen LogP contribution in [0.2, 0.25) is 0 Å². The monoisotopic (exact) mass is 214 g/mol. The van der Waals surface area contributed by atoms with Gasteiger partial charge in [0.05, 0.1) is 0 Å². The Morgan fingerprint density at radius 1 is 1.33 bits per heavy atom. The quantitative estimate of drug-likeness (QED) is 0.707. The summed E-state index contributed by atoms with van der Waals surface area (Å²) in [7, 11) is 0. The van der Waals surface area contributed by atoms with Crippen LogP contribution in [0.4, 0.5) is 0 Å². The molecule has 76 valence electrons. The Balaban J connectivity index is 2.60. The van der Waals surface area contributed by atoms with Gasteiger partial charge in [0.15, 0.2) is 0 Å². The van der Waals surface area contributed by atoms with Gasteiger partial charge in [-0.2, -0.15) is 0 Å². The second kappa shape index (κ2) is 4.54. The number of fused-ring (bicyclic) bond motifs is 1. The first-order valence-corrected chi connectivity index (χ1v) is 6.06. The molecule has 0 aliphatic carbocycles. The minimum absolute atomic E-state index is 1.03. The molecule has 1 heterocycles. The highest BCUT2D eigenvalue weighted by atomic mass is 32.2. The van der Waals surface area contributed by atoms with Gasteiger partial charge in [-0.1, -0.05) is 43.0 Å². The maximum atomic E-state index is 3.88. The van der Waals surface area contributed by atoms with Crippen LogP contribution in [0.1, 0.15) is 12.5 Å². The Bertz CT molecular complexity index is 438. The van der Waals surface area contributed by atoms with Crippen molar-refractivity contribution in [3.05, 3.63) is 60.2 Å². The van der Waals surface area contributed by atoms with E-state index in [-0.39, 0.29) is 0 Å². The van der Waals surface area contributed by atoms with E-state index in [0.29, 0.717) is 0 Å². The summed E-state index contributed by atoms with van der Waals surface area (Å²) in [6.07, 6.45) is 6.24. The minimum Gasteiger partial charge on any atom is -0.121 e. The van der Waals surface area contributed by atoms with Crippen LogP contribution in [0, 0.1) is 0 Å². The summed E-state index contributed by atoms with van der Waals surface area (Å²) < 4.78 is 0. The third kappa shape index (κ3) is 1.93. The van der Waals surface area contributed by atoms with Gasteiger partial charge >= 0.3 is 0 Å². The lowest BCUT2D eigenvalue weighted by atomic mass is 9.99. The maximum Gasteiger partial charge on any atom is 0.0238 e. The molecular weight excluding hydrogens is 200 g/mol. The van der Waals surface area contributed by atoms with E-state index in [4.69, 9.17) is 0 Å². The Morgan fingerprint density at radius 3 is 2.87 bits per heavy atom. The average Bonchev–Trinajstić information content (AvgIpc) is 2.30. The van der Waals surface area contributed by atoms with Crippen molar-refractivity contribution in [2.24, 2.45) is 0 Å². The van der Waals surface area contributed by atoms with E-state index in [2.05, 4.69) is 49.9 Å². The first-order chi connectivity index (χ1) is 7.36. The van der Waals surface area contributed by atoms with Crippen molar-refractivity contribution >= 4 is 17.3 Å². The molecule has 0 N–H and O–H groups in total. The second-order valence-corrected chi connectivity index (χ2v) is 4.45. The van der Waals surface area contributed by atoms with E-state index in [1.54, 1.807) is 0 Å². The topological polar surface area (TPSA) is 0 Å². The first kappa shape index (κ1) is 10.3. The standard InChI is InChI=1S/C14H14S/c1-3-7-12-11(4-2)10-15-14-9-6-5-8-13(12)14/h3-9H,2,10H2,1H3/b7-3-.